The number of piperazine rings is 1. The number of carbonyl (C=O) groups excluding carboxylic acids is 1. The number of quaternary nitrogens is 1. The second kappa shape index (κ2) is 10.3. The van der Waals surface area contributed by atoms with Crippen LogP contribution >= 0.6 is 0 Å². The summed E-state index contributed by atoms with van der Waals surface area (Å²) in [5, 5.41) is 10.2. The Kier molecular flexibility index (Phi) is 8.01. The molecule has 0 bridgehead atoms. The zero-order valence-corrected chi connectivity index (χ0v) is 15.4. The van der Waals surface area contributed by atoms with Gasteiger partial charge in [-0.15, -0.1) is 0 Å². The van der Waals surface area contributed by atoms with Crippen LogP contribution in [0.1, 0.15) is 25.8 Å². The maximum Gasteiger partial charge on any atom is 0.410 e. The normalized spacial score (nSPS) is 16.5. The van der Waals surface area contributed by atoms with Gasteiger partial charge in [-0.05, 0) is 31.0 Å². The first-order valence-electron chi connectivity index (χ1n) is 9.27. The van der Waals surface area contributed by atoms with Gasteiger partial charge in [0.1, 0.15) is 25.0 Å². The van der Waals surface area contributed by atoms with Crippen molar-refractivity contribution in [2.24, 2.45) is 0 Å². The first-order chi connectivity index (χ1) is 12.1. The Morgan fingerprint density at radius 1 is 1.24 bits per heavy atom. The molecule has 0 radical (unpaired) electrons. The van der Waals surface area contributed by atoms with Crippen LogP contribution in [0.5, 0.6) is 5.75 Å². The second-order valence-electron chi connectivity index (χ2n) is 6.50. The highest BCUT2D eigenvalue weighted by molar-refractivity contribution is 5.67. The summed E-state index contributed by atoms with van der Waals surface area (Å²) in [6.07, 6.45) is 1.45. The average Bonchev–Trinajstić information content (AvgIpc) is 2.62. The van der Waals surface area contributed by atoms with E-state index in [1.165, 1.54) is 10.5 Å². The van der Waals surface area contributed by atoms with E-state index in [9.17, 15) is 9.90 Å². The van der Waals surface area contributed by atoms with Gasteiger partial charge in [0.25, 0.3) is 0 Å². The highest BCUT2D eigenvalue weighted by Gasteiger charge is 2.26. The van der Waals surface area contributed by atoms with E-state index in [0.29, 0.717) is 26.2 Å². The fourth-order valence-electron chi connectivity index (χ4n) is 3.05. The third kappa shape index (κ3) is 6.55. The molecule has 0 saturated carbocycles. The predicted octanol–water partition coefficient (Wildman–Crippen LogP) is 0.736. The third-order valence-electron chi connectivity index (χ3n) is 4.43. The van der Waals surface area contributed by atoms with Crippen LogP contribution in [0.2, 0.25) is 0 Å². The van der Waals surface area contributed by atoms with Crippen molar-refractivity contribution in [3.05, 3.63) is 29.8 Å². The monoisotopic (exact) mass is 351 g/mol. The third-order valence-corrected chi connectivity index (χ3v) is 4.43. The van der Waals surface area contributed by atoms with Gasteiger partial charge in [-0.3, -0.25) is 4.90 Å². The van der Waals surface area contributed by atoms with Crippen molar-refractivity contribution in [1.29, 1.82) is 0 Å². The summed E-state index contributed by atoms with van der Waals surface area (Å²) in [7, 11) is 0. The molecule has 1 aliphatic rings. The van der Waals surface area contributed by atoms with E-state index < -0.39 is 6.10 Å². The first-order valence-corrected chi connectivity index (χ1v) is 9.27. The van der Waals surface area contributed by atoms with Gasteiger partial charge >= 0.3 is 6.09 Å². The number of aliphatic hydroxyl groups excluding tert-OH is 1. The highest BCUT2D eigenvalue weighted by atomic mass is 16.6. The Morgan fingerprint density at radius 2 is 1.92 bits per heavy atom. The number of amides is 1. The summed E-state index contributed by atoms with van der Waals surface area (Å²) in [6.45, 7) is 8.28. The molecule has 25 heavy (non-hydrogen) atoms. The van der Waals surface area contributed by atoms with Crippen LogP contribution in [0.15, 0.2) is 24.3 Å². The Hall–Kier alpha value is -1.79. The average molecular weight is 351 g/mol. The van der Waals surface area contributed by atoms with Gasteiger partial charge in [-0.1, -0.05) is 25.5 Å². The zero-order chi connectivity index (χ0) is 18.1. The van der Waals surface area contributed by atoms with Crippen LogP contribution in [0.3, 0.4) is 0 Å². The van der Waals surface area contributed by atoms with Gasteiger partial charge in [0.2, 0.25) is 0 Å². The van der Waals surface area contributed by atoms with Crippen LogP contribution in [0.25, 0.3) is 0 Å². The standard InChI is InChI=1S/C19H30N2O4/c1-3-5-16-6-8-18(9-7-16)25-15-17(22)14-20-10-12-21(13-11-20)19(23)24-4-2/h6-9,17,22H,3-5,10-15H2,1-2H3/p+1/t17-/m1/s1. The molecule has 2 N–H and O–H groups in total. The number of hydrogen-bond acceptors (Lipinski definition) is 4. The fraction of sp³-hybridized carbons (Fsp3) is 0.632. The van der Waals surface area contributed by atoms with E-state index in [1.54, 1.807) is 4.90 Å². The lowest BCUT2D eigenvalue weighted by molar-refractivity contribution is -0.907. The van der Waals surface area contributed by atoms with Crippen molar-refractivity contribution in [1.82, 2.24) is 4.90 Å². The Morgan fingerprint density at radius 3 is 2.52 bits per heavy atom. The van der Waals surface area contributed by atoms with Gasteiger partial charge in [-0.25, -0.2) is 4.79 Å². The molecule has 140 valence electrons. The largest absolute Gasteiger partial charge is 0.491 e. The molecule has 1 heterocycles. The highest BCUT2D eigenvalue weighted by Crippen LogP contribution is 2.13. The maximum atomic E-state index is 11.7. The van der Waals surface area contributed by atoms with E-state index >= 15 is 0 Å². The molecular formula is C19H31N2O4+. The Balaban J connectivity index is 1.67. The number of aliphatic hydroxyl groups is 1. The summed E-state index contributed by atoms with van der Waals surface area (Å²) in [4.78, 5) is 14.7. The summed E-state index contributed by atoms with van der Waals surface area (Å²) in [6, 6.07) is 8.07. The molecule has 6 heteroatoms. The number of benzene rings is 1. The molecule has 1 aliphatic heterocycles. The maximum absolute atomic E-state index is 11.7. The summed E-state index contributed by atoms with van der Waals surface area (Å²) < 4.78 is 10.7. The summed E-state index contributed by atoms with van der Waals surface area (Å²) in [5.41, 5.74) is 1.30. The molecule has 1 atom stereocenters. The minimum atomic E-state index is -0.514. The molecule has 1 aromatic rings. The molecule has 6 nitrogen and oxygen atoms in total. The van der Waals surface area contributed by atoms with Gasteiger partial charge < -0.3 is 19.5 Å². The van der Waals surface area contributed by atoms with E-state index in [-0.39, 0.29) is 12.7 Å². The molecule has 0 unspecified atom stereocenters. The van der Waals surface area contributed by atoms with Crippen molar-refractivity contribution in [3.8, 4) is 5.75 Å². The molecule has 1 saturated heterocycles. The van der Waals surface area contributed by atoms with E-state index in [4.69, 9.17) is 9.47 Å². The van der Waals surface area contributed by atoms with Gasteiger partial charge in [0, 0.05) is 0 Å². The minimum absolute atomic E-state index is 0.239. The topological polar surface area (TPSA) is 63.4 Å². The van der Waals surface area contributed by atoms with Crippen molar-refractivity contribution >= 4 is 6.09 Å². The van der Waals surface area contributed by atoms with Crippen LogP contribution in [0, 0.1) is 0 Å². The van der Waals surface area contributed by atoms with E-state index in [1.807, 2.05) is 19.1 Å². The first kappa shape index (κ1) is 19.5. The minimum Gasteiger partial charge on any atom is -0.491 e. The number of hydrogen-bond donors (Lipinski definition) is 2. The lowest BCUT2D eigenvalue weighted by Crippen LogP contribution is -3.16. The van der Waals surface area contributed by atoms with Crippen molar-refractivity contribution in [2.45, 2.75) is 32.8 Å². The Labute approximate surface area is 150 Å². The van der Waals surface area contributed by atoms with E-state index in [2.05, 4.69) is 19.1 Å². The smallest absolute Gasteiger partial charge is 0.410 e. The van der Waals surface area contributed by atoms with Crippen molar-refractivity contribution in [3.63, 3.8) is 0 Å². The lowest BCUT2D eigenvalue weighted by atomic mass is 10.1. The molecule has 1 aromatic carbocycles. The van der Waals surface area contributed by atoms with Crippen LogP contribution in [-0.2, 0) is 11.2 Å². The molecule has 0 spiro atoms. The van der Waals surface area contributed by atoms with Crippen LogP contribution in [-0.4, -0.2) is 68.1 Å². The lowest BCUT2D eigenvalue weighted by Gasteiger charge is -2.32. The molecule has 0 aromatic heterocycles. The zero-order valence-electron chi connectivity index (χ0n) is 15.4. The number of aryl methyl sites for hydroxylation is 1. The van der Waals surface area contributed by atoms with Gasteiger partial charge in [0.15, 0.2) is 0 Å². The van der Waals surface area contributed by atoms with E-state index in [0.717, 1.165) is 31.7 Å². The summed E-state index contributed by atoms with van der Waals surface area (Å²) in [5.74, 6) is 0.793. The molecule has 1 fully saturated rings. The van der Waals surface area contributed by atoms with Crippen molar-refractivity contribution in [2.75, 3.05) is 45.9 Å². The Bertz CT molecular complexity index is 513. The molecule has 0 aliphatic carbocycles. The number of carbonyl (C=O) groups is 1. The quantitative estimate of drug-likeness (QED) is 0.725. The molecule has 1 amide bonds. The van der Waals surface area contributed by atoms with Gasteiger partial charge in [-0.2, -0.15) is 0 Å². The SMILES string of the molecule is CCCc1ccc(OC[C@H](O)C[NH+]2CCN(C(=O)OCC)CC2)cc1. The summed E-state index contributed by atoms with van der Waals surface area (Å²) >= 11 is 0. The molecule has 2 rings (SSSR count). The molecular weight excluding hydrogens is 320 g/mol. The number of nitrogens with one attached hydrogen (secondary N) is 1. The number of nitrogens with zero attached hydrogens (tertiary/aromatic N) is 1. The van der Waals surface area contributed by atoms with Gasteiger partial charge in [0.05, 0.1) is 32.8 Å². The van der Waals surface area contributed by atoms with Crippen LogP contribution in [0.4, 0.5) is 4.79 Å². The van der Waals surface area contributed by atoms with Crippen molar-refractivity contribution < 1.29 is 24.3 Å². The second-order valence-corrected chi connectivity index (χ2v) is 6.50. The number of ether oxygens (including phenoxy) is 2. The number of rotatable bonds is 8. The fourth-order valence-corrected chi connectivity index (χ4v) is 3.05. The predicted molar refractivity (Wildman–Crippen MR) is 96.1 cm³/mol. The van der Waals surface area contributed by atoms with Crippen LogP contribution < -0.4 is 9.64 Å².